The molecule has 0 radical (unpaired) electrons. The van der Waals surface area contributed by atoms with E-state index in [4.69, 9.17) is 4.74 Å². The number of aromatic nitrogens is 2. The van der Waals surface area contributed by atoms with Crippen molar-refractivity contribution < 1.29 is 9.53 Å². The number of carbonyl (C=O) groups excluding carboxylic acids is 1. The monoisotopic (exact) mass is 330 g/mol. The van der Waals surface area contributed by atoms with E-state index in [2.05, 4.69) is 20.4 Å². The van der Waals surface area contributed by atoms with Crippen molar-refractivity contribution in [1.82, 2.24) is 15.5 Å². The SMILES string of the molecule is Cc1ccc(N2CC[C@H]3C[C@H](C(=O)NC4CCCC4)O[C@H]3C2)nn1. The first kappa shape index (κ1) is 15.8. The molecule has 0 aromatic carbocycles. The van der Waals surface area contributed by atoms with Gasteiger partial charge in [-0.1, -0.05) is 12.8 Å². The highest BCUT2D eigenvalue weighted by Crippen LogP contribution is 2.34. The summed E-state index contributed by atoms with van der Waals surface area (Å²) in [4.78, 5) is 14.7. The highest BCUT2D eigenvalue weighted by atomic mass is 16.5. The van der Waals surface area contributed by atoms with Crippen LogP contribution >= 0.6 is 0 Å². The maximum absolute atomic E-state index is 12.5. The first-order chi connectivity index (χ1) is 11.7. The number of rotatable bonds is 3. The number of piperidine rings is 1. The van der Waals surface area contributed by atoms with Gasteiger partial charge in [0.1, 0.15) is 6.10 Å². The predicted molar refractivity (Wildman–Crippen MR) is 90.8 cm³/mol. The number of carbonyl (C=O) groups is 1. The van der Waals surface area contributed by atoms with Gasteiger partial charge in [-0.2, -0.15) is 5.10 Å². The highest BCUT2D eigenvalue weighted by molar-refractivity contribution is 5.81. The number of nitrogens with one attached hydrogen (secondary N) is 1. The first-order valence-electron chi connectivity index (χ1n) is 9.20. The molecule has 1 aromatic heterocycles. The number of fused-ring (bicyclic) bond motifs is 1. The maximum Gasteiger partial charge on any atom is 0.249 e. The molecule has 3 atom stereocenters. The second kappa shape index (κ2) is 6.67. The third-order valence-corrected chi connectivity index (χ3v) is 5.65. The average molecular weight is 330 g/mol. The Morgan fingerprint density at radius 2 is 2.08 bits per heavy atom. The lowest BCUT2D eigenvalue weighted by molar-refractivity contribution is -0.132. The Kier molecular flexibility index (Phi) is 4.39. The van der Waals surface area contributed by atoms with Gasteiger partial charge in [-0.25, -0.2) is 0 Å². The van der Waals surface area contributed by atoms with Crippen molar-refractivity contribution in [3.8, 4) is 0 Å². The van der Waals surface area contributed by atoms with Crippen LogP contribution in [0.1, 0.15) is 44.2 Å². The number of ether oxygens (including phenoxy) is 1. The molecule has 0 spiro atoms. The Morgan fingerprint density at radius 1 is 1.25 bits per heavy atom. The smallest absolute Gasteiger partial charge is 0.249 e. The molecule has 0 unspecified atom stereocenters. The minimum absolute atomic E-state index is 0.0953. The normalized spacial score (nSPS) is 30.4. The van der Waals surface area contributed by atoms with Crippen LogP contribution in [0.3, 0.4) is 0 Å². The van der Waals surface area contributed by atoms with Crippen LogP contribution in [-0.4, -0.2) is 47.4 Å². The van der Waals surface area contributed by atoms with Gasteiger partial charge in [0.05, 0.1) is 11.8 Å². The van der Waals surface area contributed by atoms with Gasteiger partial charge < -0.3 is 15.0 Å². The zero-order valence-corrected chi connectivity index (χ0v) is 14.3. The largest absolute Gasteiger partial charge is 0.363 e. The Hall–Kier alpha value is -1.69. The Labute approximate surface area is 143 Å². The third-order valence-electron chi connectivity index (χ3n) is 5.65. The molecule has 3 heterocycles. The average Bonchev–Trinajstić information content (AvgIpc) is 3.24. The van der Waals surface area contributed by atoms with E-state index in [1.54, 1.807) is 0 Å². The number of hydrogen-bond acceptors (Lipinski definition) is 5. The molecule has 1 N–H and O–H groups in total. The molecule has 6 heteroatoms. The molecule has 1 aromatic rings. The van der Waals surface area contributed by atoms with Crippen molar-refractivity contribution >= 4 is 11.7 Å². The van der Waals surface area contributed by atoms with E-state index >= 15 is 0 Å². The van der Waals surface area contributed by atoms with Gasteiger partial charge in [-0.15, -0.1) is 5.10 Å². The fraction of sp³-hybridized carbons (Fsp3) is 0.722. The first-order valence-corrected chi connectivity index (χ1v) is 9.20. The Balaban J connectivity index is 1.35. The molecule has 1 amide bonds. The molecule has 3 aliphatic rings. The summed E-state index contributed by atoms with van der Waals surface area (Å²) >= 11 is 0. The highest BCUT2D eigenvalue weighted by Gasteiger charge is 2.42. The minimum Gasteiger partial charge on any atom is -0.363 e. The molecule has 1 aliphatic carbocycles. The van der Waals surface area contributed by atoms with Crippen molar-refractivity contribution in [3.05, 3.63) is 17.8 Å². The van der Waals surface area contributed by atoms with Crippen LogP contribution in [0.4, 0.5) is 5.82 Å². The van der Waals surface area contributed by atoms with Gasteiger partial charge in [0.25, 0.3) is 0 Å². The standard InChI is InChI=1S/C18H26N4O2/c1-12-6-7-17(21-20-12)22-9-8-13-10-15(24-16(13)11-22)18(23)19-14-4-2-3-5-14/h6-7,13-16H,2-5,8-11H2,1H3,(H,19,23)/t13-,15+,16-/m0/s1. The zero-order chi connectivity index (χ0) is 16.5. The number of amides is 1. The predicted octanol–water partition coefficient (Wildman–Crippen LogP) is 1.83. The van der Waals surface area contributed by atoms with Crippen LogP contribution in [0.5, 0.6) is 0 Å². The Morgan fingerprint density at radius 3 is 2.83 bits per heavy atom. The van der Waals surface area contributed by atoms with Gasteiger partial charge in [0.15, 0.2) is 5.82 Å². The Bertz CT molecular complexity index is 585. The summed E-state index contributed by atoms with van der Waals surface area (Å²) in [5.74, 6) is 1.48. The maximum atomic E-state index is 12.5. The van der Waals surface area contributed by atoms with E-state index in [0.717, 1.165) is 50.3 Å². The minimum atomic E-state index is -0.273. The second-order valence-electron chi connectivity index (χ2n) is 7.42. The fourth-order valence-corrected chi connectivity index (χ4v) is 4.23. The van der Waals surface area contributed by atoms with E-state index in [1.165, 1.54) is 12.8 Å². The zero-order valence-electron chi connectivity index (χ0n) is 14.3. The van der Waals surface area contributed by atoms with E-state index in [1.807, 2.05) is 19.1 Å². The van der Waals surface area contributed by atoms with Crippen molar-refractivity contribution in [2.75, 3.05) is 18.0 Å². The molecule has 3 fully saturated rings. The number of anilines is 1. The molecule has 1 saturated carbocycles. The molecule has 4 rings (SSSR count). The number of aryl methyl sites for hydroxylation is 1. The van der Waals surface area contributed by atoms with Crippen molar-refractivity contribution in [1.29, 1.82) is 0 Å². The molecule has 6 nitrogen and oxygen atoms in total. The van der Waals surface area contributed by atoms with E-state index in [-0.39, 0.29) is 18.1 Å². The summed E-state index contributed by atoms with van der Waals surface area (Å²) < 4.78 is 6.11. The lowest BCUT2D eigenvalue weighted by Crippen LogP contribution is -2.43. The van der Waals surface area contributed by atoms with E-state index in [9.17, 15) is 4.79 Å². The van der Waals surface area contributed by atoms with Crippen LogP contribution in [0.15, 0.2) is 12.1 Å². The summed E-state index contributed by atoms with van der Waals surface area (Å²) in [5, 5.41) is 11.6. The summed E-state index contributed by atoms with van der Waals surface area (Å²) in [7, 11) is 0. The van der Waals surface area contributed by atoms with Gasteiger partial charge >= 0.3 is 0 Å². The third kappa shape index (κ3) is 3.24. The quantitative estimate of drug-likeness (QED) is 0.916. The van der Waals surface area contributed by atoms with E-state index in [0.29, 0.717) is 12.0 Å². The molecule has 24 heavy (non-hydrogen) atoms. The molecule has 2 saturated heterocycles. The lowest BCUT2D eigenvalue weighted by Gasteiger charge is -2.34. The van der Waals surface area contributed by atoms with Crippen molar-refractivity contribution in [2.24, 2.45) is 5.92 Å². The number of nitrogens with zero attached hydrogens (tertiary/aromatic N) is 3. The topological polar surface area (TPSA) is 67.4 Å². The van der Waals surface area contributed by atoms with Crippen molar-refractivity contribution in [2.45, 2.75) is 63.7 Å². The lowest BCUT2D eigenvalue weighted by atomic mass is 9.91. The van der Waals surface area contributed by atoms with Gasteiger partial charge in [0, 0.05) is 19.1 Å². The summed E-state index contributed by atoms with van der Waals surface area (Å²) in [6.45, 7) is 3.70. The van der Waals surface area contributed by atoms with Crippen LogP contribution < -0.4 is 10.2 Å². The summed E-state index contributed by atoms with van der Waals surface area (Å²) in [5.41, 5.74) is 0.925. The molecule has 2 aliphatic heterocycles. The van der Waals surface area contributed by atoms with Gasteiger partial charge in [-0.3, -0.25) is 4.79 Å². The van der Waals surface area contributed by atoms with Crippen LogP contribution in [0.25, 0.3) is 0 Å². The number of hydrogen-bond donors (Lipinski definition) is 1. The molecular weight excluding hydrogens is 304 g/mol. The fourth-order valence-electron chi connectivity index (χ4n) is 4.23. The van der Waals surface area contributed by atoms with Crippen LogP contribution in [0.2, 0.25) is 0 Å². The van der Waals surface area contributed by atoms with E-state index < -0.39 is 0 Å². The molecule has 130 valence electrons. The van der Waals surface area contributed by atoms with Crippen LogP contribution in [-0.2, 0) is 9.53 Å². The summed E-state index contributed by atoms with van der Waals surface area (Å²) in [6, 6.07) is 4.37. The second-order valence-corrected chi connectivity index (χ2v) is 7.42. The van der Waals surface area contributed by atoms with Gasteiger partial charge in [0.2, 0.25) is 5.91 Å². The van der Waals surface area contributed by atoms with Crippen LogP contribution in [0, 0.1) is 12.8 Å². The van der Waals surface area contributed by atoms with Gasteiger partial charge in [-0.05, 0) is 50.7 Å². The van der Waals surface area contributed by atoms with Crippen molar-refractivity contribution in [3.63, 3.8) is 0 Å². The summed E-state index contributed by atoms with van der Waals surface area (Å²) in [6.07, 6.45) is 6.45. The molecular formula is C18H26N4O2. The molecule has 0 bridgehead atoms.